The van der Waals surface area contributed by atoms with E-state index in [0.717, 1.165) is 6.42 Å². The zero-order chi connectivity index (χ0) is 15.7. The molecule has 0 aliphatic heterocycles. The summed E-state index contributed by atoms with van der Waals surface area (Å²) in [5.41, 5.74) is 4.87. The molecule has 8 heteroatoms. The van der Waals surface area contributed by atoms with Crippen molar-refractivity contribution < 1.29 is 13.6 Å². The monoisotopic (exact) mass is 372 g/mol. The molecule has 1 aromatic rings. The van der Waals surface area contributed by atoms with Crippen LogP contribution >= 0.6 is 35.6 Å². The predicted molar refractivity (Wildman–Crippen MR) is 86.3 cm³/mol. The van der Waals surface area contributed by atoms with E-state index in [1.807, 2.05) is 0 Å². The molecule has 124 valence electrons. The number of benzene rings is 1. The molecule has 1 amide bonds. The van der Waals surface area contributed by atoms with Gasteiger partial charge in [-0.2, -0.15) is 0 Å². The molecule has 3 N–H and O–H groups in total. The van der Waals surface area contributed by atoms with E-state index < -0.39 is 30.3 Å². The van der Waals surface area contributed by atoms with Crippen LogP contribution in [0.5, 0.6) is 0 Å². The highest BCUT2D eigenvalue weighted by atomic mass is 35.5. The lowest BCUT2D eigenvalue weighted by Crippen LogP contribution is -2.52. The number of carbonyl (C=O) groups is 1. The van der Waals surface area contributed by atoms with E-state index in [0.29, 0.717) is 28.5 Å². The van der Waals surface area contributed by atoms with Gasteiger partial charge in [0.2, 0.25) is 5.91 Å². The van der Waals surface area contributed by atoms with Crippen molar-refractivity contribution in [2.75, 3.05) is 13.1 Å². The maximum atomic E-state index is 13.2. The largest absolute Gasteiger partial charge is 0.349 e. The van der Waals surface area contributed by atoms with Crippen LogP contribution in [0.4, 0.5) is 8.78 Å². The van der Waals surface area contributed by atoms with Crippen molar-refractivity contribution in [2.45, 2.75) is 30.6 Å². The molecular weight excluding hydrogens is 357 g/mol. The van der Waals surface area contributed by atoms with Crippen LogP contribution in [0, 0.1) is 0 Å². The van der Waals surface area contributed by atoms with Crippen molar-refractivity contribution in [1.29, 1.82) is 0 Å². The van der Waals surface area contributed by atoms with Gasteiger partial charge >= 0.3 is 0 Å². The first-order chi connectivity index (χ1) is 9.81. The Hall–Kier alpha value is -0.620. The maximum absolute atomic E-state index is 13.2. The Morgan fingerprint density at radius 1 is 1.32 bits per heavy atom. The molecule has 3 nitrogen and oxygen atoms in total. The van der Waals surface area contributed by atoms with Crippen LogP contribution in [0.15, 0.2) is 18.2 Å². The molecule has 0 heterocycles. The minimum atomic E-state index is -3.10. The molecule has 0 spiro atoms. The summed E-state index contributed by atoms with van der Waals surface area (Å²) in [6, 6.07) is 4.96. The summed E-state index contributed by atoms with van der Waals surface area (Å²) in [6.45, 7) is -1.56. The van der Waals surface area contributed by atoms with Crippen LogP contribution in [-0.2, 0) is 10.2 Å². The molecule has 1 aromatic carbocycles. The Morgan fingerprint density at radius 2 is 1.95 bits per heavy atom. The number of nitrogens with one attached hydrogen (secondary N) is 1. The molecule has 22 heavy (non-hydrogen) atoms. The highest BCUT2D eigenvalue weighted by Crippen LogP contribution is 2.45. The summed E-state index contributed by atoms with van der Waals surface area (Å²) >= 11 is 11.8. The van der Waals surface area contributed by atoms with Gasteiger partial charge in [0.15, 0.2) is 0 Å². The van der Waals surface area contributed by atoms with Gasteiger partial charge in [0.25, 0.3) is 5.92 Å². The summed E-state index contributed by atoms with van der Waals surface area (Å²) in [5.74, 6) is -3.52. The van der Waals surface area contributed by atoms with Crippen LogP contribution in [0.25, 0.3) is 0 Å². The standard InChI is InChI=1S/C14H16Cl2F2N2O.ClH/c15-10-3-2-9(6-11(10)16)13(4-1-5-13)12(21)20-8-14(17,18)7-19;/h2-3,6H,1,4-5,7-8,19H2,(H,20,21);1H. The van der Waals surface area contributed by atoms with Crippen LogP contribution < -0.4 is 11.1 Å². The van der Waals surface area contributed by atoms with E-state index in [1.165, 1.54) is 0 Å². The van der Waals surface area contributed by atoms with Crippen molar-refractivity contribution in [3.8, 4) is 0 Å². The lowest BCUT2D eigenvalue weighted by molar-refractivity contribution is -0.131. The zero-order valence-electron chi connectivity index (χ0n) is 11.7. The average molecular weight is 374 g/mol. The smallest absolute Gasteiger partial charge is 0.277 e. The molecule has 1 aliphatic rings. The van der Waals surface area contributed by atoms with E-state index in [9.17, 15) is 13.6 Å². The summed E-state index contributed by atoms with van der Waals surface area (Å²) < 4.78 is 26.3. The highest BCUT2D eigenvalue weighted by molar-refractivity contribution is 6.42. The van der Waals surface area contributed by atoms with Crippen molar-refractivity contribution >= 4 is 41.5 Å². The minimum absolute atomic E-state index is 0. The summed E-state index contributed by atoms with van der Waals surface area (Å²) in [4.78, 5) is 12.3. The van der Waals surface area contributed by atoms with Gasteiger partial charge in [0.05, 0.1) is 28.5 Å². The molecule has 2 rings (SSSR count). The lowest BCUT2D eigenvalue weighted by atomic mass is 9.64. The summed E-state index contributed by atoms with van der Waals surface area (Å²) in [5, 5.41) is 3.05. The van der Waals surface area contributed by atoms with Gasteiger partial charge in [0.1, 0.15) is 0 Å². The second kappa shape index (κ2) is 7.30. The quantitative estimate of drug-likeness (QED) is 0.829. The number of rotatable bonds is 5. The Balaban J connectivity index is 0.00000242. The van der Waals surface area contributed by atoms with Crippen molar-refractivity contribution in [3.05, 3.63) is 33.8 Å². The Morgan fingerprint density at radius 3 is 2.41 bits per heavy atom. The molecule has 0 unspecified atom stereocenters. The normalized spacial score (nSPS) is 16.4. The number of carbonyl (C=O) groups excluding carboxylic acids is 1. The van der Waals surface area contributed by atoms with E-state index in [-0.39, 0.29) is 12.4 Å². The molecule has 1 aliphatic carbocycles. The Bertz CT molecular complexity index is 551. The Labute approximate surface area is 143 Å². The first kappa shape index (κ1) is 19.4. The number of amides is 1. The predicted octanol–water partition coefficient (Wildman–Crippen LogP) is 3.55. The highest BCUT2D eigenvalue weighted by Gasteiger charge is 2.46. The number of halogens is 5. The SMILES string of the molecule is Cl.NCC(F)(F)CNC(=O)C1(c2ccc(Cl)c(Cl)c2)CCC1. The molecular formula is C14H17Cl3F2N2O. The fourth-order valence-corrected chi connectivity index (χ4v) is 2.72. The average Bonchev–Trinajstić information content (AvgIpc) is 2.39. The van der Waals surface area contributed by atoms with Gasteiger partial charge < -0.3 is 11.1 Å². The third kappa shape index (κ3) is 3.82. The fraction of sp³-hybridized carbons (Fsp3) is 0.500. The van der Waals surface area contributed by atoms with Gasteiger partial charge in [0, 0.05) is 0 Å². The van der Waals surface area contributed by atoms with Crippen LogP contribution in [0.2, 0.25) is 10.0 Å². The van der Waals surface area contributed by atoms with Gasteiger partial charge in [-0.3, -0.25) is 4.79 Å². The van der Waals surface area contributed by atoms with E-state index >= 15 is 0 Å². The molecule has 1 fully saturated rings. The molecule has 0 bridgehead atoms. The third-order valence-corrected chi connectivity index (χ3v) is 4.66. The van der Waals surface area contributed by atoms with E-state index in [2.05, 4.69) is 5.32 Å². The first-order valence-electron chi connectivity index (χ1n) is 6.62. The third-order valence-electron chi connectivity index (χ3n) is 3.92. The lowest BCUT2D eigenvalue weighted by Gasteiger charge is -2.41. The van der Waals surface area contributed by atoms with Crippen LogP contribution in [0.1, 0.15) is 24.8 Å². The zero-order valence-corrected chi connectivity index (χ0v) is 14.0. The maximum Gasteiger partial charge on any atom is 0.277 e. The number of hydrogen-bond donors (Lipinski definition) is 2. The topological polar surface area (TPSA) is 55.1 Å². The first-order valence-corrected chi connectivity index (χ1v) is 7.38. The fourth-order valence-electron chi connectivity index (χ4n) is 2.42. The van der Waals surface area contributed by atoms with Crippen molar-refractivity contribution in [1.82, 2.24) is 5.32 Å². The Kier molecular flexibility index (Phi) is 6.45. The molecule has 0 saturated heterocycles. The molecule has 0 radical (unpaired) electrons. The van der Waals surface area contributed by atoms with Gasteiger partial charge in [-0.25, -0.2) is 8.78 Å². The van der Waals surface area contributed by atoms with E-state index in [1.54, 1.807) is 18.2 Å². The summed E-state index contributed by atoms with van der Waals surface area (Å²) in [6.07, 6.45) is 2.07. The van der Waals surface area contributed by atoms with Crippen molar-refractivity contribution in [2.24, 2.45) is 5.73 Å². The number of hydrogen-bond acceptors (Lipinski definition) is 2. The molecule has 1 saturated carbocycles. The second-order valence-corrected chi connectivity index (χ2v) is 6.12. The van der Waals surface area contributed by atoms with Crippen LogP contribution in [0.3, 0.4) is 0 Å². The number of nitrogens with two attached hydrogens (primary N) is 1. The van der Waals surface area contributed by atoms with Gasteiger partial charge in [-0.15, -0.1) is 12.4 Å². The van der Waals surface area contributed by atoms with Gasteiger partial charge in [-0.1, -0.05) is 35.7 Å². The van der Waals surface area contributed by atoms with Crippen molar-refractivity contribution in [3.63, 3.8) is 0 Å². The molecule has 0 atom stereocenters. The van der Waals surface area contributed by atoms with Crippen LogP contribution in [-0.4, -0.2) is 24.9 Å². The number of alkyl halides is 2. The summed E-state index contributed by atoms with van der Waals surface area (Å²) in [7, 11) is 0. The minimum Gasteiger partial charge on any atom is -0.349 e. The molecule has 0 aromatic heterocycles. The van der Waals surface area contributed by atoms with E-state index in [4.69, 9.17) is 28.9 Å². The van der Waals surface area contributed by atoms with Gasteiger partial charge in [-0.05, 0) is 30.5 Å². The second-order valence-electron chi connectivity index (χ2n) is 5.31.